The van der Waals surface area contributed by atoms with E-state index in [2.05, 4.69) is 78.8 Å². The first-order chi connectivity index (χ1) is 12.1. The Morgan fingerprint density at radius 3 is 2.44 bits per heavy atom. The highest BCUT2D eigenvalue weighted by Gasteiger charge is 2.17. The molecule has 3 nitrogen and oxygen atoms in total. The molecule has 0 saturated heterocycles. The molecule has 0 aliphatic rings. The topological polar surface area (TPSA) is 30.7 Å². The van der Waals surface area contributed by atoms with E-state index in [1.54, 1.807) is 6.33 Å². The Hall–Kier alpha value is -2.68. The van der Waals surface area contributed by atoms with Gasteiger partial charge in [0.15, 0.2) is 0 Å². The van der Waals surface area contributed by atoms with Gasteiger partial charge in [-0.05, 0) is 38.0 Å². The van der Waals surface area contributed by atoms with Gasteiger partial charge in [-0.3, -0.25) is 0 Å². The normalized spacial score (nSPS) is 11.5. The molecule has 0 spiro atoms. The molecule has 0 saturated carbocycles. The van der Waals surface area contributed by atoms with E-state index < -0.39 is 0 Å². The summed E-state index contributed by atoms with van der Waals surface area (Å²) in [6.45, 7) is 6.49. The Bertz CT molecular complexity index is 1070. The van der Waals surface area contributed by atoms with Crippen molar-refractivity contribution >= 4 is 21.9 Å². The van der Waals surface area contributed by atoms with Gasteiger partial charge in [-0.15, -0.1) is 0 Å². The molecule has 4 rings (SSSR count). The lowest BCUT2D eigenvalue weighted by Gasteiger charge is -2.08. The number of hydrogen-bond acceptors (Lipinski definition) is 2. The van der Waals surface area contributed by atoms with Crippen LogP contribution in [0.25, 0.3) is 33.2 Å². The van der Waals surface area contributed by atoms with Crippen LogP contribution in [-0.2, 0) is 13.5 Å². The summed E-state index contributed by atoms with van der Waals surface area (Å²) in [6, 6.07) is 13.2. The molecule has 0 atom stereocenters. The number of rotatable bonds is 3. The van der Waals surface area contributed by atoms with E-state index >= 15 is 0 Å². The lowest BCUT2D eigenvalue weighted by atomic mass is 10.0. The number of aryl methyl sites for hydroxylation is 4. The summed E-state index contributed by atoms with van der Waals surface area (Å²) in [5.41, 5.74) is 9.51. The van der Waals surface area contributed by atoms with Gasteiger partial charge in [-0.1, -0.05) is 48.7 Å². The van der Waals surface area contributed by atoms with Crippen molar-refractivity contribution in [2.24, 2.45) is 7.05 Å². The number of hydrogen-bond donors (Lipinski definition) is 0. The predicted octanol–water partition coefficient (Wildman–Crippen LogP) is 5.36. The molecule has 0 radical (unpaired) electrons. The van der Waals surface area contributed by atoms with E-state index in [0.29, 0.717) is 0 Å². The number of para-hydroxylation sites is 1. The Kier molecular flexibility index (Phi) is 3.79. The highest BCUT2D eigenvalue weighted by Crippen LogP contribution is 2.34. The quantitative estimate of drug-likeness (QED) is 0.507. The third-order valence-electron chi connectivity index (χ3n) is 4.88. The van der Waals surface area contributed by atoms with Gasteiger partial charge >= 0.3 is 0 Å². The fourth-order valence-electron chi connectivity index (χ4n) is 3.98. The van der Waals surface area contributed by atoms with E-state index in [-0.39, 0.29) is 0 Å². The van der Waals surface area contributed by atoms with Crippen LogP contribution < -0.4 is 0 Å². The van der Waals surface area contributed by atoms with Crippen molar-refractivity contribution in [3.05, 3.63) is 59.4 Å². The van der Waals surface area contributed by atoms with E-state index in [0.717, 1.165) is 35.1 Å². The van der Waals surface area contributed by atoms with Crippen LogP contribution in [0.15, 0.2) is 42.7 Å². The maximum atomic E-state index is 4.66. The van der Waals surface area contributed by atoms with Crippen LogP contribution in [0.3, 0.4) is 0 Å². The summed E-state index contributed by atoms with van der Waals surface area (Å²) in [5, 5.41) is 1.22. The molecule has 126 valence electrons. The minimum Gasteiger partial charge on any atom is -0.340 e. The zero-order valence-electron chi connectivity index (χ0n) is 15.3. The summed E-state index contributed by atoms with van der Waals surface area (Å²) in [5.74, 6) is 0. The van der Waals surface area contributed by atoms with Crippen LogP contribution in [0, 0.1) is 13.8 Å². The van der Waals surface area contributed by atoms with Gasteiger partial charge in [0.25, 0.3) is 0 Å². The molecule has 0 fully saturated rings. The predicted molar refractivity (Wildman–Crippen MR) is 105 cm³/mol. The second-order valence-corrected chi connectivity index (χ2v) is 6.92. The van der Waals surface area contributed by atoms with Crippen LogP contribution in [-0.4, -0.2) is 14.5 Å². The Morgan fingerprint density at radius 2 is 1.72 bits per heavy atom. The van der Waals surface area contributed by atoms with Crippen LogP contribution in [0.5, 0.6) is 0 Å². The molecule has 2 heterocycles. The molecule has 0 aliphatic heterocycles. The van der Waals surface area contributed by atoms with Crippen LogP contribution in [0.1, 0.15) is 30.0 Å². The lowest BCUT2D eigenvalue weighted by molar-refractivity contribution is 0.911. The summed E-state index contributed by atoms with van der Waals surface area (Å²) in [4.78, 5) is 9.29. The van der Waals surface area contributed by atoms with Crippen molar-refractivity contribution in [1.82, 2.24) is 14.5 Å². The van der Waals surface area contributed by atoms with E-state index in [1.807, 2.05) is 0 Å². The van der Waals surface area contributed by atoms with Gasteiger partial charge in [0.05, 0.1) is 16.7 Å². The number of fused-ring (bicyclic) bond motifs is 3. The average molecular weight is 329 g/mol. The Balaban J connectivity index is 2.11. The molecule has 0 N–H and O–H groups in total. The fraction of sp³-hybridized carbons (Fsp3) is 0.273. The maximum absolute atomic E-state index is 4.66. The number of benzene rings is 2. The monoisotopic (exact) mass is 329 g/mol. The molecule has 3 heteroatoms. The molecule has 0 amide bonds. The Morgan fingerprint density at radius 1 is 0.960 bits per heavy atom. The third-order valence-corrected chi connectivity index (χ3v) is 4.88. The van der Waals surface area contributed by atoms with Crippen LogP contribution in [0.2, 0.25) is 0 Å². The minimum atomic E-state index is 1.01. The van der Waals surface area contributed by atoms with E-state index in [4.69, 9.17) is 0 Å². The zero-order chi connectivity index (χ0) is 17.6. The SMILES string of the molecule is CCCc1cccc2c3ncnc(-c4cc(C)cc(C)c4)c3n(C)c12. The largest absolute Gasteiger partial charge is 0.340 e. The van der Waals surface area contributed by atoms with Gasteiger partial charge in [0.2, 0.25) is 0 Å². The highest BCUT2D eigenvalue weighted by atomic mass is 15.0. The molecular formula is C22H23N3. The molecule has 2 aromatic heterocycles. The van der Waals surface area contributed by atoms with Gasteiger partial charge in [0, 0.05) is 18.0 Å². The first-order valence-corrected chi connectivity index (χ1v) is 8.89. The van der Waals surface area contributed by atoms with Gasteiger partial charge in [0.1, 0.15) is 11.8 Å². The fourth-order valence-corrected chi connectivity index (χ4v) is 3.98. The standard InChI is InChI=1S/C22H23N3/c1-5-7-16-8-6-9-18-20-22(25(4)21(16)18)19(23-13-24-20)17-11-14(2)10-15(3)12-17/h6,8-13H,5,7H2,1-4H3. The second-order valence-electron chi connectivity index (χ2n) is 6.92. The summed E-state index contributed by atoms with van der Waals surface area (Å²) in [7, 11) is 2.14. The first-order valence-electron chi connectivity index (χ1n) is 8.89. The van der Waals surface area contributed by atoms with Gasteiger partial charge in [-0.2, -0.15) is 0 Å². The van der Waals surface area contributed by atoms with E-state index in [1.165, 1.54) is 27.6 Å². The van der Waals surface area contributed by atoms with Gasteiger partial charge in [-0.25, -0.2) is 9.97 Å². The molecular weight excluding hydrogens is 306 g/mol. The van der Waals surface area contributed by atoms with Crippen molar-refractivity contribution in [3.63, 3.8) is 0 Å². The summed E-state index contributed by atoms with van der Waals surface area (Å²) < 4.78 is 2.28. The average Bonchev–Trinajstić information content (AvgIpc) is 2.88. The molecule has 25 heavy (non-hydrogen) atoms. The summed E-state index contributed by atoms with van der Waals surface area (Å²) >= 11 is 0. The zero-order valence-corrected chi connectivity index (χ0v) is 15.3. The van der Waals surface area contributed by atoms with Crippen LogP contribution in [0.4, 0.5) is 0 Å². The molecule has 4 aromatic rings. The van der Waals surface area contributed by atoms with Crippen molar-refractivity contribution in [2.75, 3.05) is 0 Å². The number of aromatic nitrogens is 3. The van der Waals surface area contributed by atoms with Crippen molar-refractivity contribution < 1.29 is 0 Å². The third kappa shape index (κ3) is 2.51. The maximum Gasteiger partial charge on any atom is 0.116 e. The van der Waals surface area contributed by atoms with Crippen molar-refractivity contribution in [1.29, 1.82) is 0 Å². The second kappa shape index (κ2) is 5.99. The smallest absolute Gasteiger partial charge is 0.116 e. The van der Waals surface area contributed by atoms with Gasteiger partial charge < -0.3 is 4.57 Å². The van der Waals surface area contributed by atoms with Crippen molar-refractivity contribution in [3.8, 4) is 11.3 Å². The molecule has 0 unspecified atom stereocenters. The molecule has 0 aliphatic carbocycles. The molecule has 0 bridgehead atoms. The minimum absolute atomic E-state index is 1.01. The number of nitrogens with zero attached hydrogens (tertiary/aromatic N) is 3. The first kappa shape index (κ1) is 15.8. The van der Waals surface area contributed by atoms with Crippen molar-refractivity contribution in [2.45, 2.75) is 33.6 Å². The van der Waals surface area contributed by atoms with E-state index in [9.17, 15) is 0 Å². The van der Waals surface area contributed by atoms with Crippen LogP contribution >= 0.6 is 0 Å². The molecule has 2 aromatic carbocycles. The Labute approximate surface area is 148 Å². The summed E-state index contributed by atoms with van der Waals surface area (Å²) in [6.07, 6.45) is 3.91. The highest BCUT2D eigenvalue weighted by molar-refractivity contribution is 6.10. The lowest BCUT2D eigenvalue weighted by Crippen LogP contribution is -1.96.